The van der Waals surface area contributed by atoms with Crippen molar-refractivity contribution in [1.29, 1.82) is 0 Å². The highest BCUT2D eigenvalue weighted by atomic mass is 32.2. The third-order valence-electron chi connectivity index (χ3n) is 5.44. The molecule has 3 rings (SSSR count). The number of nitrogens with zero attached hydrogens (tertiary/aromatic N) is 2. The van der Waals surface area contributed by atoms with Crippen molar-refractivity contribution in [1.82, 2.24) is 5.32 Å². The molecule has 1 N–H and O–H groups in total. The second-order valence-corrected chi connectivity index (χ2v) is 9.25. The van der Waals surface area contributed by atoms with E-state index in [-0.39, 0.29) is 29.9 Å². The molecule has 2 fully saturated rings. The summed E-state index contributed by atoms with van der Waals surface area (Å²) >= 11 is 0. The quantitative estimate of drug-likeness (QED) is 0.598. The Balaban J connectivity index is 1.80. The van der Waals surface area contributed by atoms with Crippen LogP contribution >= 0.6 is 0 Å². The third kappa shape index (κ3) is 3.82. The average molecular weight is 381 g/mol. The molecule has 3 atom stereocenters. The van der Waals surface area contributed by atoms with E-state index in [1.165, 1.54) is 24.6 Å². The molecule has 0 heterocycles. The average Bonchev–Trinajstić information content (AvgIpc) is 3.15. The van der Waals surface area contributed by atoms with Crippen molar-refractivity contribution in [3.63, 3.8) is 0 Å². The Morgan fingerprint density at radius 3 is 2.62 bits per heavy atom. The summed E-state index contributed by atoms with van der Waals surface area (Å²) in [5.74, 6) is 0.768. The second-order valence-electron chi connectivity index (χ2n) is 7.35. The molecule has 0 aliphatic heterocycles. The van der Waals surface area contributed by atoms with E-state index in [2.05, 4.69) is 5.32 Å². The topological polar surface area (TPSA) is 110 Å². The molecule has 2 saturated carbocycles. The first kappa shape index (κ1) is 18.6. The first-order valence-corrected chi connectivity index (χ1v) is 10.5. The largest absolute Gasteiger partial charge is 0.352 e. The van der Waals surface area contributed by atoms with Crippen LogP contribution in [-0.4, -0.2) is 38.1 Å². The Hall–Kier alpha value is -2.16. The van der Waals surface area contributed by atoms with Gasteiger partial charge in [-0.15, -0.1) is 0 Å². The first-order valence-electron chi connectivity index (χ1n) is 8.67. The summed E-state index contributed by atoms with van der Waals surface area (Å²) in [7, 11) is -3.77. The standard InChI is InChI=1S/C17H23N3O5S/c1-11-3-6-14(20(22)23)9-16(11)19(26(2,24)25)10-17(21)18-15-8-12-4-5-13(15)7-12/h3,6,9,12-13,15H,4-5,7-8,10H2,1-2H3,(H,18,21)/t12-,13-,15+/m0/s1. The number of sulfonamides is 1. The number of aryl methyl sites for hydroxylation is 1. The number of hydrogen-bond donors (Lipinski definition) is 1. The zero-order valence-corrected chi connectivity index (χ0v) is 15.7. The number of rotatable bonds is 6. The van der Waals surface area contributed by atoms with Gasteiger partial charge in [-0.3, -0.25) is 19.2 Å². The summed E-state index contributed by atoms with van der Waals surface area (Å²) < 4.78 is 25.4. The summed E-state index contributed by atoms with van der Waals surface area (Å²) in [5, 5.41) is 14.0. The lowest BCUT2D eigenvalue weighted by Crippen LogP contribution is -2.45. The van der Waals surface area contributed by atoms with Crippen molar-refractivity contribution in [2.75, 3.05) is 17.1 Å². The Kier molecular flexibility index (Phi) is 4.92. The molecule has 2 bridgehead atoms. The van der Waals surface area contributed by atoms with Gasteiger partial charge in [-0.05, 0) is 43.6 Å². The Bertz CT molecular complexity index is 839. The number of anilines is 1. The van der Waals surface area contributed by atoms with Crippen LogP contribution in [-0.2, 0) is 14.8 Å². The molecule has 0 radical (unpaired) electrons. The predicted octanol–water partition coefficient (Wildman–Crippen LogP) is 1.97. The summed E-state index contributed by atoms with van der Waals surface area (Å²) in [6.45, 7) is 1.28. The van der Waals surface area contributed by atoms with Crippen LogP contribution in [0.5, 0.6) is 0 Å². The minimum absolute atomic E-state index is 0.105. The fraction of sp³-hybridized carbons (Fsp3) is 0.588. The maximum Gasteiger partial charge on any atom is 0.271 e. The monoisotopic (exact) mass is 381 g/mol. The van der Waals surface area contributed by atoms with Crippen LogP contribution in [0.1, 0.15) is 31.2 Å². The van der Waals surface area contributed by atoms with Gasteiger partial charge in [0.1, 0.15) is 6.54 Å². The molecule has 0 spiro atoms. The molecule has 1 amide bonds. The number of fused-ring (bicyclic) bond motifs is 2. The predicted molar refractivity (Wildman–Crippen MR) is 97.4 cm³/mol. The zero-order chi connectivity index (χ0) is 19.1. The van der Waals surface area contributed by atoms with Gasteiger partial charge in [-0.1, -0.05) is 12.5 Å². The number of benzene rings is 1. The van der Waals surface area contributed by atoms with Crippen molar-refractivity contribution in [3.05, 3.63) is 33.9 Å². The van der Waals surface area contributed by atoms with E-state index < -0.39 is 14.9 Å². The molecule has 142 valence electrons. The summed E-state index contributed by atoms with van der Waals surface area (Å²) in [5.41, 5.74) is 0.492. The third-order valence-corrected chi connectivity index (χ3v) is 6.57. The molecule has 0 aromatic heterocycles. The Morgan fingerprint density at radius 1 is 1.35 bits per heavy atom. The van der Waals surface area contributed by atoms with Gasteiger partial charge in [0.2, 0.25) is 15.9 Å². The van der Waals surface area contributed by atoms with Gasteiger partial charge >= 0.3 is 0 Å². The van der Waals surface area contributed by atoms with E-state index >= 15 is 0 Å². The lowest BCUT2D eigenvalue weighted by Gasteiger charge is -2.27. The number of hydrogen-bond acceptors (Lipinski definition) is 5. The van der Waals surface area contributed by atoms with Crippen LogP contribution in [0.2, 0.25) is 0 Å². The van der Waals surface area contributed by atoms with Crippen LogP contribution < -0.4 is 9.62 Å². The van der Waals surface area contributed by atoms with Gasteiger partial charge < -0.3 is 5.32 Å². The molecule has 2 aliphatic carbocycles. The molecule has 9 heteroatoms. The van der Waals surface area contributed by atoms with Crippen LogP contribution in [0.25, 0.3) is 0 Å². The van der Waals surface area contributed by atoms with Crippen LogP contribution in [0.4, 0.5) is 11.4 Å². The molecular formula is C17H23N3O5S. The fourth-order valence-corrected chi connectivity index (χ4v) is 5.07. The highest BCUT2D eigenvalue weighted by Gasteiger charge is 2.40. The van der Waals surface area contributed by atoms with Gasteiger partial charge in [-0.25, -0.2) is 8.42 Å². The Labute approximate surface area is 152 Å². The van der Waals surface area contributed by atoms with Crippen molar-refractivity contribution in [2.24, 2.45) is 11.8 Å². The van der Waals surface area contributed by atoms with Gasteiger partial charge in [-0.2, -0.15) is 0 Å². The second kappa shape index (κ2) is 6.86. The molecular weight excluding hydrogens is 358 g/mol. The van der Waals surface area contributed by atoms with E-state index in [1.54, 1.807) is 6.92 Å². The normalized spacial score (nSPS) is 24.5. The van der Waals surface area contributed by atoms with Gasteiger partial charge in [0.25, 0.3) is 5.69 Å². The minimum atomic E-state index is -3.77. The van der Waals surface area contributed by atoms with Crippen LogP contribution in [0.3, 0.4) is 0 Å². The van der Waals surface area contributed by atoms with E-state index in [0.717, 1.165) is 29.8 Å². The number of carbonyl (C=O) groups excluding carboxylic acids is 1. The highest BCUT2D eigenvalue weighted by Crippen LogP contribution is 2.44. The van der Waals surface area contributed by atoms with Gasteiger partial charge in [0.05, 0.1) is 16.9 Å². The molecule has 8 nitrogen and oxygen atoms in total. The maximum absolute atomic E-state index is 12.5. The molecule has 0 saturated heterocycles. The van der Waals surface area contributed by atoms with E-state index in [0.29, 0.717) is 17.4 Å². The molecule has 0 unspecified atom stereocenters. The molecule has 1 aromatic carbocycles. The van der Waals surface area contributed by atoms with Gasteiger partial charge in [0.15, 0.2) is 0 Å². The molecule has 26 heavy (non-hydrogen) atoms. The van der Waals surface area contributed by atoms with E-state index in [1.807, 2.05) is 0 Å². The maximum atomic E-state index is 12.5. The number of carbonyl (C=O) groups is 1. The van der Waals surface area contributed by atoms with E-state index in [4.69, 9.17) is 0 Å². The number of nitro groups is 1. The van der Waals surface area contributed by atoms with Crippen LogP contribution in [0.15, 0.2) is 18.2 Å². The summed E-state index contributed by atoms with van der Waals surface area (Å²) in [6, 6.07) is 4.10. The molecule has 2 aliphatic rings. The van der Waals surface area contributed by atoms with Crippen molar-refractivity contribution in [3.8, 4) is 0 Å². The number of non-ortho nitro benzene ring substituents is 1. The van der Waals surface area contributed by atoms with E-state index in [9.17, 15) is 23.3 Å². The minimum Gasteiger partial charge on any atom is -0.352 e. The van der Waals surface area contributed by atoms with Crippen LogP contribution in [0, 0.1) is 28.9 Å². The number of nitrogens with one attached hydrogen (secondary N) is 1. The van der Waals surface area contributed by atoms with Crippen molar-refractivity contribution in [2.45, 2.75) is 38.6 Å². The van der Waals surface area contributed by atoms with Crippen molar-refractivity contribution >= 4 is 27.3 Å². The lowest BCUT2D eigenvalue weighted by molar-refractivity contribution is -0.384. The first-order chi connectivity index (χ1) is 12.1. The summed E-state index contributed by atoms with van der Waals surface area (Å²) in [4.78, 5) is 22.9. The van der Waals surface area contributed by atoms with Crippen molar-refractivity contribution < 1.29 is 18.1 Å². The summed E-state index contributed by atoms with van der Waals surface area (Å²) in [6.07, 6.45) is 5.39. The SMILES string of the molecule is Cc1ccc([N+](=O)[O-])cc1N(CC(=O)N[C@@H]1C[C@H]2CC[C@H]1C2)S(C)(=O)=O. The lowest BCUT2D eigenvalue weighted by atomic mass is 9.95. The smallest absolute Gasteiger partial charge is 0.271 e. The number of nitro benzene ring substituents is 1. The number of amides is 1. The Morgan fingerprint density at radius 2 is 2.08 bits per heavy atom. The van der Waals surface area contributed by atoms with Gasteiger partial charge in [0, 0.05) is 18.2 Å². The molecule has 1 aromatic rings. The fourth-order valence-electron chi connectivity index (χ4n) is 4.17. The zero-order valence-electron chi connectivity index (χ0n) is 14.8. The highest BCUT2D eigenvalue weighted by molar-refractivity contribution is 7.92.